The van der Waals surface area contributed by atoms with Crippen LogP contribution in [0.5, 0.6) is 11.9 Å². The van der Waals surface area contributed by atoms with Gasteiger partial charge >= 0.3 is 6.01 Å². The van der Waals surface area contributed by atoms with E-state index in [0.717, 1.165) is 0 Å². The van der Waals surface area contributed by atoms with Crippen LogP contribution >= 0.6 is 12.6 Å². The second-order valence-electron chi connectivity index (χ2n) is 3.35. The SMILES string of the molecule is COc1ncc(C(O)C(O)CCS)c(OC)n1. The van der Waals surface area contributed by atoms with E-state index in [0.29, 0.717) is 17.7 Å². The monoisotopic (exact) mass is 260 g/mol. The van der Waals surface area contributed by atoms with E-state index in [1.54, 1.807) is 0 Å². The topological polar surface area (TPSA) is 84.7 Å². The van der Waals surface area contributed by atoms with E-state index in [1.165, 1.54) is 20.4 Å². The number of hydrogen-bond donors (Lipinski definition) is 3. The van der Waals surface area contributed by atoms with Gasteiger partial charge in [-0.05, 0) is 12.2 Å². The van der Waals surface area contributed by atoms with Gasteiger partial charge in [-0.15, -0.1) is 0 Å². The number of aromatic nitrogens is 2. The first-order chi connectivity index (χ1) is 8.13. The highest BCUT2D eigenvalue weighted by Crippen LogP contribution is 2.27. The van der Waals surface area contributed by atoms with Gasteiger partial charge in [-0.2, -0.15) is 17.6 Å². The highest BCUT2D eigenvalue weighted by Gasteiger charge is 2.23. The molecule has 2 atom stereocenters. The number of methoxy groups -OCH3 is 2. The van der Waals surface area contributed by atoms with Gasteiger partial charge in [0.25, 0.3) is 0 Å². The zero-order valence-electron chi connectivity index (χ0n) is 9.70. The lowest BCUT2D eigenvalue weighted by Crippen LogP contribution is -2.20. The van der Waals surface area contributed by atoms with Crippen LogP contribution in [0.3, 0.4) is 0 Å². The third-order valence-corrected chi connectivity index (χ3v) is 2.50. The minimum Gasteiger partial charge on any atom is -0.481 e. The van der Waals surface area contributed by atoms with E-state index < -0.39 is 12.2 Å². The third kappa shape index (κ3) is 3.45. The first-order valence-electron chi connectivity index (χ1n) is 5.06. The molecule has 1 aromatic heterocycles. The Morgan fingerprint density at radius 2 is 2.06 bits per heavy atom. The van der Waals surface area contributed by atoms with Crippen LogP contribution in [0, 0.1) is 0 Å². The Morgan fingerprint density at radius 1 is 1.35 bits per heavy atom. The summed E-state index contributed by atoms with van der Waals surface area (Å²) >= 11 is 3.99. The Kier molecular flexibility index (Phi) is 5.46. The van der Waals surface area contributed by atoms with Gasteiger partial charge in [-0.25, -0.2) is 4.98 Å². The van der Waals surface area contributed by atoms with Gasteiger partial charge in [0.05, 0.1) is 25.9 Å². The van der Waals surface area contributed by atoms with Crippen molar-refractivity contribution in [3.8, 4) is 11.9 Å². The van der Waals surface area contributed by atoms with Crippen molar-refractivity contribution in [1.29, 1.82) is 0 Å². The maximum absolute atomic E-state index is 9.91. The normalized spacial score (nSPS) is 14.2. The van der Waals surface area contributed by atoms with Crippen LogP contribution in [0.25, 0.3) is 0 Å². The molecule has 0 aliphatic carbocycles. The molecule has 2 unspecified atom stereocenters. The molecular formula is C10H16N2O4S. The highest BCUT2D eigenvalue weighted by molar-refractivity contribution is 7.80. The first-order valence-corrected chi connectivity index (χ1v) is 5.69. The largest absolute Gasteiger partial charge is 0.481 e. The summed E-state index contributed by atoms with van der Waals surface area (Å²) in [6, 6.07) is 0.140. The quantitative estimate of drug-likeness (QED) is 0.634. The minimum absolute atomic E-state index is 0.140. The van der Waals surface area contributed by atoms with Crippen LogP contribution in [-0.4, -0.2) is 46.3 Å². The molecule has 0 aromatic carbocycles. The average Bonchev–Trinajstić information content (AvgIpc) is 2.37. The van der Waals surface area contributed by atoms with Crippen molar-refractivity contribution >= 4 is 12.6 Å². The lowest BCUT2D eigenvalue weighted by Gasteiger charge is -2.18. The summed E-state index contributed by atoms with van der Waals surface area (Å²) in [7, 11) is 2.85. The van der Waals surface area contributed by atoms with Gasteiger partial charge in [0.2, 0.25) is 5.88 Å². The van der Waals surface area contributed by atoms with Crippen molar-refractivity contribution in [2.75, 3.05) is 20.0 Å². The molecule has 0 saturated heterocycles. The van der Waals surface area contributed by atoms with Crippen molar-refractivity contribution in [3.05, 3.63) is 11.8 Å². The third-order valence-electron chi connectivity index (χ3n) is 2.24. The summed E-state index contributed by atoms with van der Waals surface area (Å²) in [6.07, 6.45) is -0.308. The fraction of sp³-hybridized carbons (Fsp3) is 0.600. The maximum atomic E-state index is 9.91. The molecular weight excluding hydrogens is 244 g/mol. The van der Waals surface area contributed by atoms with Gasteiger partial charge < -0.3 is 19.7 Å². The number of aliphatic hydroxyl groups excluding tert-OH is 2. The van der Waals surface area contributed by atoms with Crippen LogP contribution in [0.1, 0.15) is 18.1 Å². The van der Waals surface area contributed by atoms with Crippen LogP contribution in [-0.2, 0) is 0 Å². The zero-order chi connectivity index (χ0) is 12.8. The molecule has 0 saturated carbocycles. The first kappa shape index (κ1) is 14.0. The Morgan fingerprint density at radius 3 is 2.59 bits per heavy atom. The van der Waals surface area contributed by atoms with Gasteiger partial charge in [-0.3, -0.25) is 0 Å². The molecule has 1 heterocycles. The Hall–Kier alpha value is -1.05. The van der Waals surface area contributed by atoms with E-state index in [9.17, 15) is 10.2 Å². The summed E-state index contributed by atoms with van der Waals surface area (Å²) in [6.45, 7) is 0. The maximum Gasteiger partial charge on any atom is 0.319 e. The second-order valence-corrected chi connectivity index (χ2v) is 3.79. The van der Waals surface area contributed by atoms with E-state index in [1.807, 2.05) is 0 Å². The number of thiol groups is 1. The van der Waals surface area contributed by atoms with E-state index >= 15 is 0 Å². The van der Waals surface area contributed by atoms with Crippen molar-refractivity contribution in [2.45, 2.75) is 18.6 Å². The van der Waals surface area contributed by atoms with Gasteiger partial charge in [0.15, 0.2) is 0 Å². The Labute approximate surface area is 105 Å². The molecule has 0 bridgehead atoms. The summed E-state index contributed by atoms with van der Waals surface area (Å²) < 4.78 is 9.86. The van der Waals surface area contributed by atoms with Crippen LogP contribution < -0.4 is 9.47 Å². The lowest BCUT2D eigenvalue weighted by molar-refractivity contribution is 0.0152. The average molecular weight is 260 g/mol. The van der Waals surface area contributed by atoms with Crippen molar-refractivity contribution in [3.63, 3.8) is 0 Å². The molecule has 6 nitrogen and oxygen atoms in total. The number of hydrogen-bond acceptors (Lipinski definition) is 7. The Balaban J connectivity index is 2.96. The minimum atomic E-state index is -1.11. The summed E-state index contributed by atoms with van der Waals surface area (Å²) in [5.74, 6) is 0.653. The molecule has 0 fully saturated rings. The summed E-state index contributed by atoms with van der Waals surface area (Å²) in [5, 5.41) is 19.6. The molecule has 0 radical (unpaired) electrons. The van der Waals surface area contributed by atoms with Crippen molar-refractivity contribution in [2.24, 2.45) is 0 Å². The standard InChI is InChI=1S/C10H16N2O4S/c1-15-9-6(5-11-10(12-9)16-2)8(14)7(13)3-4-17/h5,7-8,13-14,17H,3-4H2,1-2H3. The second kappa shape index (κ2) is 6.63. The molecule has 0 spiro atoms. The van der Waals surface area contributed by atoms with Gasteiger partial charge in [0.1, 0.15) is 6.10 Å². The number of aliphatic hydroxyl groups is 2. The van der Waals surface area contributed by atoms with Crippen molar-refractivity contribution < 1.29 is 19.7 Å². The fourth-order valence-corrected chi connectivity index (χ4v) is 1.59. The fourth-order valence-electron chi connectivity index (χ4n) is 1.32. The van der Waals surface area contributed by atoms with Crippen molar-refractivity contribution in [1.82, 2.24) is 9.97 Å². The molecule has 0 aliphatic rings. The van der Waals surface area contributed by atoms with E-state index in [-0.39, 0.29) is 11.9 Å². The molecule has 17 heavy (non-hydrogen) atoms. The molecule has 7 heteroatoms. The number of ether oxygens (including phenoxy) is 2. The van der Waals surface area contributed by atoms with Crippen LogP contribution in [0.15, 0.2) is 6.20 Å². The summed E-state index contributed by atoms with van der Waals surface area (Å²) in [4.78, 5) is 7.79. The van der Waals surface area contributed by atoms with E-state index in [4.69, 9.17) is 9.47 Å². The smallest absolute Gasteiger partial charge is 0.319 e. The van der Waals surface area contributed by atoms with Crippen LogP contribution in [0.2, 0.25) is 0 Å². The molecule has 0 amide bonds. The van der Waals surface area contributed by atoms with Crippen LogP contribution in [0.4, 0.5) is 0 Å². The molecule has 1 aromatic rings. The van der Waals surface area contributed by atoms with Gasteiger partial charge in [0, 0.05) is 6.20 Å². The van der Waals surface area contributed by atoms with Gasteiger partial charge in [-0.1, -0.05) is 0 Å². The molecule has 1 rings (SSSR count). The predicted octanol–water partition coefficient (Wildman–Crippen LogP) is 0.208. The highest BCUT2D eigenvalue weighted by atomic mass is 32.1. The number of nitrogens with zero attached hydrogens (tertiary/aromatic N) is 2. The zero-order valence-corrected chi connectivity index (χ0v) is 10.6. The number of rotatable bonds is 6. The lowest BCUT2D eigenvalue weighted by atomic mass is 10.1. The predicted molar refractivity (Wildman–Crippen MR) is 64.6 cm³/mol. The summed E-state index contributed by atoms with van der Waals surface area (Å²) in [5.41, 5.74) is 0.322. The molecule has 0 aliphatic heterocycles. The Bertz CT molecular complexity index is 364. The molecule has 2 N–H and O–H groups in total. The van der Waals surface area contributed by atoms with E-state index in [2.05, 4.69) is 22.6 Å². The molecule has 96 valence electrons.